The summed E-state index contributed by atoms with van der Waals surface area (Å²) in [7, 11) is 0.884. The van der Waals surface area contributed by atoms with Gasteiger partial charge >= 0.3 is 0 Å². The number of fused-ring (bicyclic) bond motifs is 15. The van der Waals surface area contributed by atoms with Gasteiger partial charge in [-0.25, -0.2) is 0 Å². The Morgan fingerprint density at radius 1 is 0.529 bits per heavy atom. The van der Waals surface area contributed by atoms with E-state index in [2.05, 4.69) is 175 Å². The van der Waals surface area contributed by atoms with E-state index in [0.717, 1.165) is 7.28 Å². The van der Waals surface area contributed by atoms with E-state index in [-0.39, 0.29) is 0 Å². The van der Waals surface area contributed by atoms with E-state index in [4.69, 9.17) is 0 Å². The lowest BCUT2D eigenvalue weighted by Gasteiger charge is -2.41. The quantitative estimate of drug-likeness (QED) is 0.176. The number of aromatic nitrogens is 1. The highest BCUT2D eigenvalue weighted by Crippen LogP contribution is 2.61. The summed E-state index contributed by atoms with van der Waals surface area (Å²) in [5, 5.41) is 9.23. The number of para-hydroxylation sites is 3. The van der Waals surface area contributed by atoms with Crippen molar-refractivity contribution < 1.29 is 0 Å². The fourth-order valence-corrected chi connectivity index (χ4v) is 10.1. The Kier molecular flexibility index (Phi) is 5.22. The number of hydrogen-bond donors (Lipinski definition) is 1. The normalized spacial score (nSPS) is 14.1. The highest BCUT2D eigenvalue weighted by molar-refractivity contribution is 6.73. The van der Waals surface area contributed by atoms with Crippen LogP contribution in [0.5, 0.6) is 0 Å². The van der Waals surface area contributed by atoms with Crippen molar-refractivity contribution in [1.82, 2.24) is 4.57 Å². The number of benzene rings is 8. The van der Waals surface area contributed by atoms with E-state index in [9.17, 15) is 0 Å². The summed E-state index contributed by atoms with van der Waals surface area (Å²) in [6.45, 7) is 2.26. The van der Waals surface area contributed by atoms with E-state index in [1.165, 1.54) is 111 Å². The summed E-state index contributed by atoms with van der Waals surface area (Å²) in [6.07, 6.45) is 0. The molecule has 0 fully saturated rings. The Morgan fingerprint density at radius 3 is 1.98 bits per heavy atom. The third kappa shape index (κ3) is 3.39. The molecule has 9 aromatic rings. The minimum absolute atomic E-state index is 0.430. The number of hydrogen-bond acceptors (Lipinski definition) is 1. The molecule has 1 aliphatic carbocycles. The molecule has 2 aliphatic heterocycles. The van der Waals surface area contributed by atoms with Crippen molar-refractivity contribution >= 4 is 62.2 Å². The van der Waals surface area contributed by atoms with Crippen molar-refractivity contribution in [2.24, 2.45) is 0 Å². The van der Waals surface area contributed by atoms with Crippen LogP contribution in [0.4, 0.5) is 11.4 Å². The first kappa shape index (κ1) is 27.5. The molecular weight excluding hydrogens is 615 g/mol. The molecule has 1 N–H and O–H groups in total. The van der Waals surface area contributed by atoms with E-state index in [1.54, 1.807) is 0 Å². The molecule has 0 bridgehead atoms. The minimum atomic E-state index is -0.430. The molecule has 2 nitrogen and oxygen atoms in total. The number of anilines is 2. The van der Waals surface area contributed by atoms with Crippen molar-refractivity contribution in [3.63, 3.8) is 0 Å². The molecule has 1 spiro atoms. The van der Waals surface area contributed by atoms with Crippen LogP contribution in [-0.4, -0.2) is 11.8 Å². The molecule has 3 aliphatic rings. The zero-order valence-electron chi connectivity index (χ0n) is 28.2. The lowest BCUT2D eigenvalue weighted by molar-refractivity contribution is 0.763. The molecule has 1 aromatic heterocycles. The number of nitrogens with zero attached hydrogens (tertiary/aromatic N) is 1. The van der Waals surface area contributed by atoms with Gasteiger partial charge in [0.25, 0.3) is 0 Å². The molecule has 51 heavy (non-hydrogen) atoms. The molecule has 12 rings (SSSR count). The molecular formula is C48H31BN2. The second-order valence-electron chi connectivity index (χ2n) is 14.6. The van der Waals surface area contributed by atoms with Crippen LogP contribution in [0, 0.1) is 6.92 Å². The molecule has 8 aromatic carbocycles. The molecule has 0 atom stereocenters. The molecule has 3 heteroatoms. The first-order valence-corrected chi connectivity index (χ1v) is 18.0. The van der Waals surface area contributed by atoms with Gasteiger partial charge in [0.2, 0.25) is 0 Å². The summed E-state index contributed by atoms with van der Waals surface area (Å²) in [5.74, 6) is 0. The van der Waals surface area contributed by atoms with Crippen LogP contribution in [0.25, 0.3) is 60.5 Å². The van der Waals surface area contributed by atoms with E-state index >= 15 is 0 Å². The van der Waals surface area contributed by atoms with Crippen LogP contribution < -0.4 is 16.2 Å². The minimum Gasteiger partial charge on any atom is -0.354 e. The molecule has 0 amide bonds. The predicted molar refractivity (Wildman–Crippen MR) is 215 cm³/mol. The van der Waals surface area contributed by atoms with Crippen LogP contribution >= 0.6 is 0 Å². The Labute approximate surface area is 296 Å². The maximum atomic E-state index is 4.02. The molecule has 0 saturated heterocycles. The molecule has 0 radical (unpaired) electrons. The standard InChI is InChI=1S/C48H31BN2/c1-28-24-36(45-44(25-28)51-43-27-30-13-3-2-12-29(30)26-35(43)34-17-11-22-41(49-45)47(34)51)33-16-10-21-40-46(33)50-42-23-9-8-20-39(42)48(40)37-18-6-4-14-31(37)32-15-5-7-19-38(32)48/h2-27,49-50H,1H3. The van der Waals surface area contributed by atoms with Gasteiger partial charge < -0.3 is 9.88 Å². The summed E-state index contributed by atoms with van der Waals surface area (Å²) in [6, 6.07) is 59.3. The Bertz CT molecular complexity index is 2960. The average molecular weight is 647 g/mol. The highest BCUT2D eigenvalue weighted by Gasteiger charge is 2.50. The van der Waals surface area contributed by atoms with Gasteiger partial charge in [-0.2, -0.15) is 0 Å². The van der Waals surface area contributed by atoms with Gasteiger partial charge in [-0.15, -0.1) is 0 Å². The lowest BCUT2D eigenvalue weighted by Crippen LogP contribution is -2.38. The van der Waals surface area contributed by atoms with Gasteiger partial charge in [0, 0.05) is 33.2 Å². The van der Waals surface area contributed by atoms with Crippen molar-refractivity contribution in [2.45, 2.75) is 12.3 Å². The molecule has 236 valence electrons. The largest absolute Gasteiger partial charge is 0.354 e. The lowest BCUT2D eigenvalue weighted by atomic mass is 9.58. The maximum Gasteiger partial charge on any atom is 0.198 e. The Hall–Kier alpha value is -6.32. The van der Waals surface area contributed by atoms with Crippen molar-refractivity contribution in [2.75, 3.05) is 5.32 Å². The van der Waals surface area contributed by atoms with E-state index in [0.29, 0.717) is 0 Å². The van der Waals surface area contributed by atoms with Gasteiger partial charge in [-0.1, -0.05) is 139 Å². The van der Waals surface area contributed by atoms with Crippen LogP contribution in [0.2, 0.25) is 0 Å². The van der Waals surface area contributed by atoms with E-state index < -0.39 is 5.41 Å². The first-order valence-electron chi connectivity index (χ1n) is 18.0. The number of aryl methyl sites for hydroxylation is 1. The zero-order chi connectivity index (χ0) is 33.4. The number of rotatable bonds is 1. The fraction of sp³-hybridized carbons (Fsp3) is 0.0417. The Morgan fingerprint density at radius 2 is 1.18 bits per heavy atom. The second kappa shape index (κ2) is 9.68. The smallest absolute Gasteiger partial charge is 0.198 e. The maximum absolute atomic E-state index is 4.02. The van der Waals surface area contributed by atoms with Gasteiger partial charge in [0.1, 0.15) is 0 Å². The molecule has 0 saturated carbocycles. The number of nitrogens with one attached hydrogen (secondary N) is 1. The zero-order valence-corrected chi connectivity index (χ0v) is 28.2. The first-order chi connectivity index (χ1) is 25.2. The van der Waals surface area contributed by atoms with E-state index in [1.807, 2.05) is 0 Å². The van der Waals surface area contributed by atoms with Gasteiger partial charge in [-0.05, 0) is 91.9 Å². The molecule has 3 heterocycles. The van der Waals surface area contributed by atoms with Crippen LogP contribution in [0.1, 0.15) is 27.8 Å². The summed E-state index contributed by atoms with van der Waals surface area (Å²) in [5.41, 5.74) is 20.4. The van der Waals surface area contributed by atoms with Gasteiger partial charge in [0.05, 0.1) is 16.6 Å². The van der Waals surface area contributed by atoms with Crippen molar-refractivity contribution in [3.8, 4) is 27.9 Å². The third-order valence-electron chi connectivity index (χ3n) is 12.0. The third-order valence-corrected chi connectivity index (χ3v) is 12.0. The SMILES string of the molecule is Cc1cc(-c2cccc3c2Nc2ccccc2C32c3ccccc3-c3ccccc32)c2c(c1)-n1c3cc4ccccc4cc3c3cccc(c31)B2. The highest BCUT2D eigenvalue weighted by atomic mass is 15.0. The van der Waals surface area contributed by atoms with Gasteiger partial charge in [0.15, 0.2) is 7.28 Å². The average Bonchev–Trinajstić information content (AvgIpc) is 3.66. The Balaban J connectivity index is 1.17. The van der Waals surface area contributed by atoms with Crippen LogP contribution in [0.15, 0.2) is 158 Å². The topological polar surface area (TPSA) is 17.0 Å². The van der Waals surface area contributed by atoms with Crippen molar-refractivity contribution in [3.05, 3.63) is 186 Å². The van der Waals surface area contributed by atoms with Gasteiger partial charge in [-0.3, -0.25) is 0 Å². The van der Waals surface area contributed by atoms with Crippen molar-refractivity contribution in [1.29, 1.82) is 0 Å². The summed E-state index contributed by atoms with van der Waals surface area (Å²) >= 11 is 0. The van der Waals surface area contributed by atoms with Crippen LogP contribution in [0.3, 0.4) is 0 Å². The fourth-order valence-electron chi connectivity index (χ4n) is 10.1. The van der Waals surface area contributed by atoms with Crippen LogP contribution in [-0.2, 0) is 5.41 Å². The predicted octanol–water partition coefficient (Wildman–Crippen LogP) is 10.0. The summed E-state index contributed by atoms with van der Waals surface area (Å²) < 4.78 is 2.56. The monoisotopic (exact) mass is 646 g/mol. The second-order valence-corrected chi connectivity index (χ2v) is 14.6. The summed E-state index contributed by atoms with van der Waals surface area (Å²) in [4.78, 5) is 0. The molecule has 0 unspecified atom stereocenters.